The molecule has 8 heteroatoms. The summed E-state index contributed by atoms with van der Waals surface area (Å²) >= 11 is 0. The van der Waals surface area contributed by atoms with Gasteiger partial charge in [-0.3, -0.25) is 15.0 Å². The number of rotatable bonds is 6. The fourth-order valence-electron chi connectivity index (χ4n) is 2.90. The van der Waals surface area contributed by atoms with Crippen molar-refractivity contribution >= 4 is 11.4 Å². The highest BCUT2D eigenvalue weighted by Crippen LogP contribution is 2.32. The highest BCUT2D eigenvalue weighted by molar-refractivity contribution is 5.59. The second-order valence-electron chi connectivity index (χ2n) is 5.81. The monoisotopic (exact) mass is 337 g/mol. The van der Waals surface area contributed by atoms with Crippen molar-refractivity contribution < 1.29 is 19.1 Å². The Morgan fingerprint density at radius 1 is 1.08 bits per heavy atom. The fourth-order valence-corrected chi connectivity index (χ4v) is 2.90. The van der Waals surface area contributed by atoms with Gasteiger partial charge >= 0.3 is 5.69 Å². The highest BCUT2D eigenvalue weighted by Gasteiger charge is 2.19. The van der Waals surface area contributed by atoms with Crippen molar-refractivity contribution in [2.75, 3.05) is 70.7 Å². The molecule has 0 saturated carbocycles. The number of nitro groups is 1. The molecule has 2 saturated heterocycles. The van der Waals surface area contributed by atoms with E-state index in [-0.39, 0.29) is 5.69 Å². The zero-order valence-corrected chi connectivity index (χ0v) is 13.7. The predicted molar refractivity (Wildman–Crippen MR) is 88.9 cm³/mol. The Hall–Kier alpha value is -1.90. The standard InChI is InChI=1S/C16H23N3O5/c20-19(21)15-2-1-14(18-6-10-23-11-7-18)13-16(15)24-12-5-17-3-8-22-9-4-17/h1-2,13H,3-12H2. The van der Waals surface area contributed by atoms with Gasteiger partial charge in [0.15, 0.2) is 5.75 Å². The number of benzene rings is 1. The van der Waals surface area contributed by atoms with Crippen molar-refractivity contribution in [2.24, 2.45) is 0 Å². The Kier molecular flexibility index (Phi) is 5.84. The minimum atomic E-state index is -0.396. The molecule has 2 aliphatic rings. The zero-order chi connectivity index (χ0) is 16.8. The third kappa shape index (κ3) is 4.34. The number of nitro benzene ring substituents is 1. The molecule has 0 bridgehead atoms. The lowest BCUT2D eigenvalue weighted by atomic mass is 10.2. The zero-order valence-electron chi connectivity index (χ0n) is 13.7. The summed E-state index contributed by atoms with van der Waals surface area (Å²) < 4.78 is 16.4. The summed E-state index contributed by atoms with van der Waals surface area (Å²) in [5.41, 5.74) is 0.944. The third-order valence-electron chi connectivity index (χ3n) is 4.29. The maximum absolute atomic E-state index is 11.2. The van der Waals surface area contributed by atoms with Crippen LogP contribution in [0.2, 0.25) is 0 Å². The number of morpholine rings is 2. The molecule has 0 aromatic heterocycles. The molecule has 2 fully saturated rings. The number of hydrogen-bond donors (Lipinski definition) is 0. The fraction of sp³-hybridized carbons (Fsp3) is 0.625. The van der Waals surface area contributed by atoms with Gasteiger partial charge in [0.2, 0.25) is 0 Å². The van der Waals surface area contributed by atoms with Gasteiger partial charge in [0.25, 0.3) is 0 Å². The predicted octanol–water partition coefficient (Wildman–Crippen LogP) is 1.14. The maximum Gasteiger partial charge on any atom is 0.311 e. The van der Waals surface area contributed by atoms with E-state index in [0.717, 1.165) is 51.6 Å². The number of nitrogens with zero attached hydrogens (tertiary/aromatic N) is 3. The van der Waals surface area contributed by atoms with Gasteiger partial charge in [0.1, 0.15) is 6.61 Å². The van der Waals surface area contributed by atoms with Gasteiger partial charge in [-0.2, -0.15) is 0 Å². The molecule has 0 N–H and O–H groups in total. The van der Waals surface area contributed by atoms with Gasteiger partial charge in [-0.05, 0) is 6.07 Å². The second kappa shape index (κ2) is 8.27. The molecule has 0 aliphatic carbocycles. The second-order valence-corrected chi connectivity index (χ2v) is 5.81. The SMILES string of the molecule is O=[N+]([O-])c1ccc(N2CCOCC2)cc1OCCN1CCOCC1. The first-order chi connectivity index (χ1) is 11.7. The lowest BCUT2D eigenvalue weighted by Gasteiger charge is -2.29. The van der Waals surface area contributed by atoms with Crippen LogP contribution >= 0.6 is 0 Å². The largest absolute Gasteiger partial charge is 0.485 e. The van der Waals surface area contributed by atoms with Crippen molar-refractivity contribution in [3.63, 3.8) is 0 Å². The van der Waals surface area contributed by atoms with Gasteiger partial charge in [-0.25, -0.2) is 0 Å². The van der Waals surface area contributed by atoms with Crippen LogP contribution < -0.4 is 9.64 Å². The van der Waals surface area contributed by atoms with E-state index in [2.05, 4.69) is 9.80 Å². The Balaban J connectivity index is 1.65. The van der Waals surface area contributed by atoms with Gasteiger partial charge in [0.05, 0.1) is 31.4 Å². The lowest BCUT2D eigenvalue weighted by Crippen LogP contribution is -2.38. The van der Waals surface area contributed by atoms with Crippen LogP contribution in [0.5, 0.6) is 5.75 Å². The van der Waals surface area contributed by atoms with Crippen molar-refractivity contribution in [3.8, 4) is 5.75 Å². The third-order valence-corrected chi connectivity index (χ3v) is 4.29. The maximum atomic E-state index is 11.2. The first kappa shape index (κ1) is 16.9. The minimum Gasteiger partial charge on any atom is -0.485 e. The van der Waals surface area contributed by atoms with Crippen LogP contribution in [0.25, 0.3) is 0 Å². The normalized spacial score (nSPS) is 19.2. The molecule has 0 atom stereocenters. The summed E-state index contributed by atoms with van der Waals surface area (Å²) in [6, 6.07) is 5.07. The summed E-state index contributed by atoms with van der Waals surface area (Å²) in [6.45, 7) is 7.28. The average Bonchev–Trinajstić information content (AvgIpc) is 2.63. The Bertz CT molecular complexity index is 557. The van der Waals surface area contributed by atoms with Crippen LogP contribution in [0.3, 0.4) is 0 Å². The summed E-state index contributed by atoms with van der Waals surface area (Å²) in [5, 5.41) is 11.2. The molecule has 1 aromatic rings. The Labute approximate surface area is 141 Å². The molecule has 24 heavy (non-hydrogen) atoms. The first-order valence-electron chi connectivity index (χ1n) is 8.28. The van der Waals surface area contributed by atoms with Crippen LogP contribution in [0.1, 0.15) is 0 Å². The summed E-state index contributed by atoms with van der Waals surface area (Å²) in [7, 11) is 0. The van der Waals surface area contributed by atoms with E-state index in [4.69, 9.17) is 14.2 Å². The number of hydrogen-bond acceptors (Lipinski definition) is 7. The molecule has 0 unspecified atom stereocenters. The molecule has 2 aliphatic heterocycles. The molecule has 3 rings (SSSR count). The van der Waals surface area contributed by atoms with E-state index in [1.165, 1.54) is 6.07 Å². The van der Waals surface area contributed by atoms with E-state index >= 15 is 0 Å². The molecule has 0 spiro atoms. The number of ether oxygens (including phenoxy) is 3. The van der Waals surface area contributed by atoms with E-state index in [1.807, 2.05) is 0 Å². The molecular weight excluding hydrogens is 314 g/mol. The van der Waals surface area contributed by atoms with Gasteiger partial charge in [-0.1, -0.05) is 0 Å². The molecule has 132 valence electrons. The Morgan fingerprint density at radius 3 is 2.42 bits per heavy atom. The highest BCUT2D eigenvalue weighted by atomic mass is 16.6. The van der Waals surface area contributed by atoms with E-state index in [9.17, 15) is 10.1 Å². The quantitative estimate of drug-likeness (QED) is 0.569. The molecular formula is C16H23N3O5. The number of anilines is 1. The van der Waals surface area contributed by atoms with Crippen LogP contribution in [0.15, 0.2) is 18.2 Å². The van der Waals surface area contributed by atoms with E-state index < -0.39 is 4.92 Å². The summed E-state index contributed by atoms with van der Waals surface area (Å²) in [5.74, 6) is 0.331. The Morgan fingerprint density at radius 2 is 1.75 bits per heavy atom. The smallest absolute Gasteiger partial charge is 0.311 e. The van der Waals surface area contributed by atoms with Crippen molar-refractivity contribution in [2.45, 2.75) is 0 Å². The molecule has 0 radical (unpaired) electrons. The van der Waals surface area contributed by atoms with E-state index in [1.54, 1.807) is 12.1 Å². The minimum absolute atomic E-state index is 0.00832. The van der Waals surface area contributed by atoms with Crippen LogP contribution in [-0.2, 0) is 9.47 Å². The molecule has 2 heterocycles. The van der Waals surface area contributed by atoms with Gasteiger partial charge in [0, 0.05) is 50.5 Å². The van der Waals surface area contributed by atoms with Crippen molar-refractivity contribution in [1.29, 1.82) is 0 Å². The summed E-state index contributed by atoms with van der Waals surface area (Å²) in [4.78, 5) is 15.2. The van der Waals surface area contributed by atoms with Gasteiger partial charge < -0.3 is 19.1 Å². The van der Waals surface area contributed by atoms with E-state index in [0.29, 0.717) is 25.6 Å². The molecule has 1 aromatic carbocycles. The first-order valence-corrected chi connectivity index (χ1v) is 8.28. The molecule has 0 amide bonds. The summed E-state index contributed by atoms with van der Waals surface area (Å²) in [6.07, 6.45) is 0. The topological polar surface area (TPSA) is 77.3 Å². The van der Waals surface area contributed by atoms with Crippen LogP contribution in [0.4, 0.5) is 11.4 Å². The average molecular weight is 337 g/mol. The van der Waals surface area contributed by atoms with Crippen molar-refractivity contribution in [3.05, 3.63) is 28.3 Å². The van der Waals surface area contributed by atoms with Crippen LogP contribution in [-0.4, -0.2) is 75.6 Å². The van der Waals surface area contributed by atoms with Crippen LogP contribution in [0, 0.1) is 10.1 Å². The van der Waals surface area contributed by atoms with Crippen molar-refractivity contribution in [1.82, 2.24) is 4.90 Å². The molecule has 8 nitrogen and oxygen atoms in total. The van der Waals surface area contributed by atoms with Gasteiger partial charge in [-0.15, -0.1) is 0 Å². The lowest BCUT2D eigenvalue weighted by molar-refractivity contribution is -0.385.